The van der Waals surface area contributed by atoms with Gasteiger partial charge in [0.15, 0.2) is 0 Å². The van der Waals surface area contributed by atoms with Gasteiger partial charge in [-0.25, -0.2) is 4.98 Å². The first-order valence-electron chi connectivity index (χ1n) is 9.54. The van der Waals surface area contributed by atoms with Gasteiger partial charge in [0, 0.05) is 50.0 Å². The molecule has 1 aromatic carbocycles. The van der Waals surface area contributed by atoms with Gasteiger partial charge in [-0.2, -0.15) is 5.10 Å². The minimum atomic E-state index is 0.875. The predicted octanol–water partition coefficient (Wildman–Crippen LogP) is 3.67. The third-order valence-electron chi connectivity index (χ3n) is 5.23. The van der Waals surface area contributed by atoms with Crippen molar-refractivity contribution in [2.75, 3.05) is 11.9 Å². The van der Waals surface area contributed by atoms with Crippen molar-refractivity contribution in [3.8, 4) is 0 Å². The maximum Gasteiger partial charge on any atom is 0.133 e. The number of nitrogens with zero attached hydrogens (tertiary/aromatic N) is 5. The van der Waals surface area contributed by atoms with E-state index in [4.69, 9.17) is 0 Å². The van der Waals surface area contributed by atoms with Gasteiger partial charge in [0.05, 0.1) is 23.1 Å². The molecule has 0 saturated heterocycles. The molecule has 0 bridgehead atoms. The molecule has 0 spiro atoms. The fourth-order valence-electron chi connectivity index (χ4n) is 3.84. The van der Waals surface area contributed by atoms with E-state index in [2.05, 4.69) is 49.5 Å². The van der Waals surface area contributed by atoms with Crippen molar-refractivity contribution >= 4 is 22.4 Å². The van der Waals surface area contributed by atoms with Gasteiger partial charge < -0.3 is 5.32 Å². The minimum Gasteiger partial charge on any atom is -0.339 e. The predicted molar refractivity (Wildman–Crippen MR) is 110 cm³/mol. The topological polar surface area (TPSA) is 58.9 Å². The summed E-state index contributed by atoms with van der Waals surface area (Å²) in [6, 6.07) is 14.5. The van der Waals surface area contributed by atoms with Crippen molar-refractivity contribution in [1.82, 2.24) is 24.6 Å². The molecule has 1 aliphatic heterocycles. The van der Waals surface area contributed by atoms with Gasteiger partial charge in [-0.1, -0.05) is 18.2 Å². The largest absolute Gasteiger partial charge is 0.339 e. The Morgan fingerprint density at radius 1 is 1.11 bits per heavy atom. The Labute approximate surface area is 163 Å². The molecule has 0 unspecified atom stereocenters. The molecule has 140 valence electrons. The highest BCUT2D eigenvalue weighted by Gasteiger charge is 2.20. The second-order valence-corrected chi connectivity index (χ2v) is 7.28. The molecule has 1 N–H and O–H groups in total. The number of hydrogen-bond acceptors (Lipinski definition) is 5. The van der Waals surface area contributed by atoms with E-state index in [1.807, 2.05) is 48.5 Å². The van der Waals surface area contributed by atoms with E-state index in [0.29, 0.717) is 0 Å². The van der Waals surface area contributed by atoms with E-state index >= 15 is 0 Å². The summed E-state index contributed by atoms with van der Waals surface area (Å²) in [4.78, 5) is 11.6. The van der Waals surface area contributed by atoms with Crippen LogP contribution in [0.15, 0.2) is 61.1 Å². The van der Waals surface area contributed by atoms with Crippen LogP contribution in [0.1, 0.15) is 16.8 Å². The number of benzene rings is 1. The van der Waals surface area contributed by atoms with Gasteiger partial charge in [-0.3, -0.25) is 14.6 Å². The second kappa shape index (κ2) is 7.05. The van der Waals surface area contributed by atoms with Crippen LogP contribution in [0.5, 0.6) is 0 Å². The smallest absolute Gasteiger partial charge is 0.133 e. The zero-order chi connectivity index (χ0) is 18.9. The van der Waals surface area contributed by atoms with Crippen LogP contribution in [-0.4, -0.2) is 31.2 Å². The number of pyridine rings is 2. The molecule has 4 heterocycles. The van der Waals surface area contributed by atoms with Gasteiger partial charge in [0.25, 0.3) is 0 Å². The number of hydrogen-bond donors (Lipinski definition) is 1. The van der Waals surface area contributed by atoms with E-state index in [1.54, 1.807) is 0 Å². The Morgan fingerprint density at radius 2 is 2.04 bits per heavy atom. The Balaban J connectivity index is 1.36. The SMILES string of the molecule is Cn1ccc(CN2CCc3c(ccnc3Nc3cnc4ccccc4c3)C2)n1. The van der Waals surface area contributed by atoms with E-state index < -0.39 is 0 Å². The summed E-state index contributed by atoms with van der Waals surface area (Å²) in [5.74, 6) is 0.937. The lowest BCUT2D eigenvalue weighted by Gasteiger charge is -2.29. The standard InChI is InChI=1S/C22H22N6/c1-27-10-7-18(26-27)15-28-11-8-20-17(14-28)6-9-23-22(20)25-19-12-16-4-2-3-5-21(16)24-13-19/h2-7,9-10,12-13H,8,11,14-15H2,1H3,(H,23,25). The first-order valence-corrected chi connectivity index (χ1v) is 9.54. The van der Waals surface area contributed by atoms with Crippen LogP contribution < -0.4 is 5.32 Å². The number of para-hydroxylation sites is 1. The van der Waals surface area contributed by atoms with E-state index in [0.717, 1.165) is 54.2 Å². The van der Waals surface area contributed by atoms with Crippen molar-refractivity contribution in [3.05, 3.63) is 77.9 Å². The van der Waals surface area contributed by atoms with Crippen LogP contribution in [0, 0.1) is 0 Å². The number of fused-ring (bicyclic) bond motifs is 2. The lowest BCUT2D eigenvalue weighted by atomic mass is 10.0. The van der Waals surface area contributed by atoms with Crippen molar-refractivity contribution in [3.63, 3.8) is 0 Å². The fourth-order valence-corrected chi connectivity index (χ4v) is 3.84. The maximum atomic E-state index is 4.61. The highest BCUT2D eigenvalue weighted by molar-refractivity contribution is 5.82. The third kappa shape index (κ3) is 3.34. The quantitative estimate of drug-likeness (QED) is 0.594. The van der Waals surface area contributed by atoms with Crippen molar-refractivity contribution < 1.29 is 0 Å². The van der Waals surface area contributed by atoms with Crippen LogP contribution in [0.4, 0.5) is 11.5 Å². The average Bonchev–Trinajstić information content (AvgIpc) is 3.12. The minimum absolute atomic E-state index is 0.875. The summed E-state index contributed by atoms with van der Waals surface area (Å²) in [5, 5.41) is 9.11. The molecule has 6 heteroatoms. The molecule has 0 aliphatic carbocycles. The third-order valence-corrected chi connectivity index (χ3v) is 5.23. The lowest BCUT2D eigenvalue weighted by molar-refractivity contribution is 0.242. The summed E-state index contributed by atoms with van der Waals surface area (Å²) in [5.41, 5.74) is 5.71. The van der Waals surface area contributed by atoms with Crippen LogP contribution in [0.3, 0.4) is 0 Å². The first-order chi connectivity index (χ1) is 13.7. The summed E-state index contributed by atoms with van der Waals surface area (Å²) in [6.45, 7) is 2.79. The number of nitrogens with one attached hydrogen (secondary N) is 1. The number of aromatic nitrogens is 4. The van der Waals surface area contributed by atoms with Gasteiger partial charge in [0.2, 0.25) is 0 Å². The first kappa shape index (κ1) is 16.9. The van der Waals surface area contributed by atoms with Crippen molar-refractivity contribution in [1.29, 1.82) is 0 Å². The van der Waals surface area contributed by atoms with Crippen LogP contribution in [0.25, 0.3) is 10.9 Å². The molecule has 0 fully saturated rings. The molecule has 1 aliphatic rings. The summed E-state index contributed by atoms with van der Waals surface area (Å²) in [6.07, 6.45) is 6.73. The van der Waals surface area contributed by atoms with Gasteiger partial charge in [0.1, 0.15) is 5.82 Å². The Morgan fingerprint density at radius 3 is 2.93 bits per heavy atom. The Hall–Kier alpha value is -3.25. The monoisotopic (exact) mass is 370 g/mol. The van der Waals surface area contributed by atoms with Crippen LogP contribution in [0.2, 0.25) is 0 Å². The zero-order valence-electron chi connectivity index (χ0n) is 15.8. The van der Waals surface area contributed by atoms with Gasteiger partial charge in [-0.05, 0) is 36.2 Å². The molecule has 6 nitrogen and oxygen atoms in total. The fraction of sp³-hybridized carbons (Fsp3) is 0.227. The Kier molecular flexibility index (Phi) is 4.25. The lowest BCUT2D eigenvalue weighted by Crippen LogP contribution is -2.30. The van der Waals surface area contributed by atoms with E-state index in [1.165, 1.54) is 11.1 Å². The average molecular weight is 370 g/mol. The molecular weight excluding hydrogens is 348 g/mol. The van der Waals surface area contributed by atoms with Crippen LogP contribution >= 0.6 is 0 Å². The summed E-state index contributed by atoms with van der Waals surface area (Å²) in [7, 11) is 1.96. The molecular formula is C22H22N6. The van der Waals surface area contributed by atoms with Gasteiger partial charge in [-0.15, -0.1) is 0 Å². The molecule has 5 rings (SSSR count). The highest BCUT2D eigenvalue weighted by Crippen LogP contribution is 2.28. The molecule has 28 heavy (non-hydrogen) atoms. The number of anilines is 2. The number of aryl methyl sites for hydroxylation is 1. The van der Waals surface area contributed by atoms with Crippen molar-refractivity contribution in [2.45, 2.75) is 19.5 Å². The highest BCUT2D eigenvalue weighted by atomic mass is 15.3. The van der Waals surface area contributed by atoms with Crippen molar-refractivity contribution in [2.24, 2.45) is 7.05 Å². The van der Waals surface area contributed by atoms with E-state index in [-0.39, 0.29) is 0 Å². The molecule has 3 aromatic heterocycles. The second-order valence-electron chi connectivity index (χ2n) is 7.28. The molecule has 0 saturated carbocycles. The van der Waals surface area contributed by atoms with Gasteiger partial charge >= 0.3 is 0 Å². The maximum absolute atomic E-state index is 4.61. The molecule has 4 aromatic rings. The van der Waals surface area contributed by atoms with Crippen LogP contribution in [-0.2, 0) is 26.6 Å². The summed E-state index contributed by atoms with van der Waals surface area (Å²) < 4.78 is 1.86. The number of rotatable bonds is 4. The summed E-state index contributed by atoms with van der Waals surface area (Å²) >= 11 is 0. The zero-order valence-corrected chi connectivity index (χ0v) is 15.8. The molecule has 0 radical (unpaired) electrons. The Bertz CT molecular complexity index is 1130. The molecule has 0 atom stereocenters. The normalized spacial score (nSPS) is 14.2. The molecule has 0 amide bonds. The van der Waals surface area contributed by atoms with E-state index in [9.17, 15) is 0 Å².